The summed E-state index contributed by atoms with van der Waals surface area (Å²) >= 11 is 0. The molecule has 2 heterocycles. The number of aryl methyl sites for hydroxylation is 3. The molecule has 0 aromatic carbocycles. The lowest BCUT2D eigenvalue weighted by Gasteiger charge is -2.18. The Bertz CT molecular complexity index is 553. The SMILES string of the molecule is CCCn1nncc1C(NC)c1c(C)nn(C)c1C. The van der Waals surface area contributed by atoms with Crippen molar-refractivity contribution in [1.82, 2.24) is 30.1 Å². The van der Waals surface area contributed by atoms with E-state index in [1.165, 1.54) is 11.3 Å². The fourth-order valence-electron chi connectivity index (χ4n) is 2.52. The Morgan fingerprint density at radius 2 is 2.11 bits per heavy atom. The molecule has 1 N–H and O–H groups in total. The summed E-state index contributed by atoms with van der Waals surface area (Å²) in [4.78, 5) is 0. The molecule has 1 atom stereocenters. The molecule has 2 aromatic heterocycles. The van der Waals surface area contributed by atoms with Crippen LogP contribution in [0.3, 0.4) is 0 Å². The molecule has 0 radical (unpaired) electrons. The number of aromatic nitrogens is 5. The number of nitrogens with zero attached hydrogens (tertiary/aromatic N) is 5. The lowest BCUT2D eigenvalue weighted by Crippen LogP contribution is -2.23. The Labute approximate surface area is 113 Å². The van der Waals surface area contributed by atoms with E-state index in [-0.39, 0.29) is 6.04 Å². The van der Waals surface area contributed by atoms with Crippen LogP contribution in [0.5, 0.6) is 0 Å². The molecule has 0 bridgehead atoms. The Hall–Kier alpha value is -1.69. The van der Waals surface area contributed by atoms with Gasteiger partial charge in [0.15, 0.2) is 0 Å². The van der Waals surface area contributed by atoms with Crippen molar-refractivity contribution in [3.05, 3.63) is 28.8 Å². The van der Waals surface area contributed by atoms with Gasteiger partial charge in [0.1, 0.15) is 0 Å². The highest BCUT2D eigenvalue weighted by Gasteiger charge is 2.23. The number of nitrogens with one attached hydrogen (secondary N) is 1. The molecule has 0 aliphatic carbocycles. The van der Waals surface area contributed by atoms with Crippen LogP contribution < -0.4 is 5.32 Å². The third-order valence-corrected chi connectivity index (χ3v) is 3.52. The van der Waals surface area contributed by atoms with Gasteiger partial charge in [0.2, 0.25) is 0 Å². The molecule has 2 aromatic rings. The average Bonchev–Trinajstić information content (AvgIpc) is 2.91. The standard InChI is InChI=1S/C13H22N6/c1-6-7-19-11(8-15-17-19)13(14-4)12-9(2)16-18(5)10(12)3/h8,13-14H,6-7H2,1-5H3. The summed E-state index contributed by atoms with van der Waals surface area (Å²) in [5.74, 6) is 0. The lowest BCUT2D eigenvalue weighted by molar-refractivity contribution is 0.521. The number of hydrogen-bond acceptors (Lipinski definition) is 4. The van der Waals surface area contributed by atoms with E-state index in [9.17, 15) is 0 Å². The highest BCUT2D eigenvalue weighted by Crippen LogP contribution is 2.26. The van der Waals surface area contributed by atoms with Crippen molar-refractivity contribution in [2.24, 2.45) is 7.05 Å². The Morgan fingerprint density at radius 1 is 1.37 bits per heavy atom. The molecule has 0 saturated heterocycles. The van der Waals surface area contributed by atoms with E-state index in [0.29, 0.717) is 0 Å². The van der Waals surface area contributed by atoms with Gasteiger partial charge >= 0.3 is 0 Å². The normalized spacial score (nSPS) is 12.9. The molecule has 2 rings (SSSR count). The molecule has 0 fully saturated rings. The molecular weight excluding hydrogens is 240 g/mol. The number of rotatable bonds is 5. The second-order valence-corrected chi connectivity index (χ2v) is 4.81. The minimum Gasteiger partial charge on any atom is -0.308 e. The number of hydrogen-bond donors (Lipinski definition) is 1. The fraction of sp³-hybridized carbons (Fsp3) is 0.615. The van der Waals surface area contributed by atoms with E-state index in [2.05, 4.69) is 34.6 Å². The maximum Gasteiger partial charge on any atom is 0.0803 e. The van der Waals surface area contributed by atoms with Gasteiger partial charge in [-0.2, -0.15) is 5.10 Å². The molecule has 6 heteroatoms. The zero-order valence-electron chi connectivity index (χ0n) is 12.3. The highest BCUT2D eigenvalue weighted by atomic mass is 15.4. The smallest absolute Gasteiger partial charge is 0.0803 e. The van der Waals surface area contributed by atoms with Gasteiger partial charge in [0.25, 0.3) is 0 Å². The quantitative estimate of drug-likeness (QED) is 0.883. The monoisotopic (exact) mass is 262 g/mol. The molecule has 0 amide bonds. The maximum atomic E-state index is 4.49. The van der Waals surface area contributed by atoms with Crippen LogP contribution in [-0.2, 0) is 13.6 Å². The van der Waals surface area contributed by atoms with Crippen molar-refractivity contribution >= 4 is 0 Å². The van der Waals surface area contributed by atoms with Crippen molar-refractivity contribution in [3.63, 3.8) is 0 Å². The molecular formula is C13H22N6. The maximum absolute atomic E-state index is 4.49. The van der Waals surface area contributed by atoms with E-state index < -0.39 is 0 Å². The van der Waals surface area contributed by atoms with Gasteiger partial charge in [0, 0.05) is 24.8 Å². The lowest BCUT2D eigenvalue weighted by atomic mass is 10.0. The molecule has 0 spiro atoms. The molecule has 19 heavy (non-hydrogen) atoms. The van der Waals surface area contributed by atoms with Crippen LogP contribution in [-0.4, -0.2) is 31.8 Å². The predicted octanol–water partition coefficient (Wildman–Crippen LogP) is 1.35. The highest BCUT2D eigenvalue weighted by molar-refractivity contribution is 5.33. The van der Waals surface area contributed by atoms with Crippen LogP contribution in [0.15, 0.2) is 6.20 Å². The summed E-state index contributed by atoms with van der Waals surface area (Å²) in [5.41, 5.74) is 4.51. The molecule has 104 valence electrons. The van der Waals surface area contributed by atoms with Gasteiger partial charge in [-0.1, -0.05) is 12.1 Å². The van der Waals surface area contributed by atoms with Crippen LogP contribution in [0.1, 0.15) is 42.0 Å². The molecule has 1 unspecified atom stereocenters. The van der Waals surface area contributed by atoms with E-state index in [0.717, 1.165) is 24.4 Å². The van der Waals surface area contributed by atoms with Crippen molar-refractivity contribution in [2.75, 3.05) is 7.05 Å². The van der Waals surface area contributed by atoms with E-state index in [4.69, 9.17) is 0 Å². The fourth-order valence-corrected chi connectivity index (χ4v) is 2.52. The Balaban J connectivity index is 2.47. The van der Waals surface area contributed by atoms with Crippen molar-refractivity contribution in [1.29, 1.82) is 0 Å². The average molecular weight is 262 g/mol. The molecule has 0 saturated carbocycles. The van der Waals surface area contributed by atoms with Crippen LogP contribution in [0, 0.1) is 13.8 Å². The summed E-state index contributed by atoms with van der Waals surface area (Å²) in [6.45, 7) is 7.15. The largest absolute Gasteiger partial charge is 0.308 e. The van der Waals surface area contributed by atoms with Gasteiger partial charge < -0.3 is 5.32 Å². The molecule has 6 nitrogen and oxygen atoms in total. The van der Waals surface area contributed by atoms with Gasteiger partial charge in [-0.05, 0) is 27.3 Å². The zero-order valence-corrected chi connectivity index (χ0v) is 12.3. The molecule has 0 aliphatic rings. The second kappa shape index (κ2) is 5.52. The van der Waals surface area contributed by atoms with E-state index in [1.807, 2.05) is 36.6 Å². The third-order valence-electron chi connectivity index (χ3n) is 3.52. The van der Waals surface area contributed by atoms with Gasteiger partial charge in [-0.25, -0.2) is 4.68 Å². The van der Waals surface area contributed by atoms with Crippen LogP contribution in [0.25, 0.3) is 0 Å². The summed E-state index contributed by atoms with van der Waals surface area (Å²) in [6.07, 6.45) is 2.88. The van der Waals surface area contributed by atoms with Crippen LogP contribution in [0.2, 0.25) is 0 Å². The summed E-state index contributed by atoms with van der Waals surface area (Å²) in [6, 6.07) is 0.0789. The summed E-state index contributed by atoms with van der Waals surface area (Å²) < 4.78 is 3.88. The van der Waals surface area contributed by atoms with E-state index in [1.54, 1.807) is 0 Å². The first-order valence-corrected chi connectivity index (χ1v) is 6.65. The summed E-state index contributed by atoms with van der Waals surface area (Å²) in [5, 5.41) is 16.1. The summed E-state index contributed by atoms with van der Waals surface area (Å²) in [7, 11) is 3.93. The Morgan fingerprint density at radius 3 is 2.63 bits per heavy atom. The van der Waals surface area contributed by atoms with Crippen LogP contribution in [0.4, 0.5) is 0 Å². The van der Waals surface area contributed by atoms with Crippen LogP contribution >= 0.6 is 0 Å². The predicted molar refractivity (Wildman–Crippen MR) is 73.9 cm³/mol. The zero-order chi connectivity index (χ0) is 14.0. The van der Waals surface area contributed by atoms with Gasteiger partial charge in [-0.3, -0.25) is 4.68 Å². The topological polar surface area (TPSA) is 60.6 Å². The third kappa shape index (κ3) is 2.40. The first kappa shape index (κ1) is 13.7. The van der Waals surface area contributed by atoms with Gasteiger partial charge in [0.05, 0.1) is 23.6 Å². The molecule has 0 aliphatic heterocycles. The Kier molecular flexibility index (Phi) is 3.99. The van der Waals surface area contributed by atoms with Gasteiger partial charge in [-0.15, -0.1) is 5.10 Å². The minimum absolute atomic E-state index is 0.0789. The second-order valence-electron chi connectivity index (χ2n) is 4.81. The first-order valence-electron chi connectivity index (χ1n) is 6.65. The van der Waals surface area contributed by atoms with Crippen molar-refractivity contribution in [2.45, 2.75) is 39.8 Å². The van der Waals surface area contributed by atoms with Crippen molar-refractivity contribution < 1.29 is 0 Å². The first-order chi connectivity index (χ1) is 9.10. The minimum atomic E-state index is 0.0789. The van der Waals surface area contributed by atoms with Crippen molar-refractivity contribution in [3.8, 4) is 0 Å². The van der Waals surface area contributed by atoms with E-state index >= 15 is 0 Å².